The second-order valence-corrected chi connectivity index (χ2v) is 6.41. The second kappa shape index (κ2) is 7.68. The van der Waals surface area contributed by atoms with Crippen LogP contribution in [0.15, 0.2) is 12.4 Å². The van der Waals surface area contributed by atoms with E-state index in [4.69, 9.17) is 0 Å². The second-order valence-electron chi connectivity index (χ2n) is 6.41. The summed E-state index contributed by atoms with van der Waals surface area (Å²) in [7, 11) is 0. The van der Waals surface area contributed by atoms with Crippen LogP contribution in [0.2, 0.25) is 0 Å². The van der Waals surface area contributed by atoms with Crippen LogP contribution < -0.4 is 5.32 Å². The van der Waals surface area contributed by atoms with Crippen LogP contribution in [0, 0.1) is 5.41 Å². The fourth-order valence-electron chi connectivity index (χ4n) is 2.56. The minimum atomic E-state index is 0.328. The predicted octanol–water partition coefficient (Wildman–Crippen LogP) is 3.64. The van der Waals surface area contributed by atoms with Gasteiger partial charge in [-0.25, -0.2) is 4.98 Å². The Morgan fingerprint density at radius 1 is 1.32 bits per heavy atom. The summed E-state index contributed by atoms with van der Waals surface area (Å²) in [6.45, 7) is 13.5. The van der Waals surface area contributed by atoms with Gasteiger partial charge in [0.1, 0.15) is 5.82 Å². The molecule has 3 heteroatoms. The topological polar surface area (TPSA) is 29.9 Å². The average molecular weight is 265 g/mol. The van der Waals surface area contributed by atoms with Gasteiger partial charge in [-0.15, -0.1) is 0 Å². The molecule has 0 aliphatic rings. The number of rotatable bonds is 8. The zero-order valence-corrected chi connectivity index (χ0v) is 13.4. The first-order chi connectivity index (χ1) is 8.99. The molecule has 1 rings (SSSR count). The summed E-state index contributed by atoms with van der Waals surface area (Å²) < 4.78 is 2.29. The number of hydrogen-bond donors (Lipinski definition) is 1. The molecule has 0 bridgehead atoms. The van der Waals surface area contributed by atoms with E-state index in [2.05, 4.69) is 55.7 Å². The molecule has 1 unspecified atom stereocenters. The Bertz CT molecular complexity index is 349. The Hall–Kier alpha value is -0.830. The normalized spacial score (nSPS) is 13.7. The molecule has 1 aromatic rings. The van der Waals surface area contributed by atoms with Crippen LogP contribution in [0.1, 0.15) is 59.7 Å². The number of imidazole rings is 1. The summed E-state index contributed by atoms with van der Waals surface area (Å²) in [5.41, 5.74) is 0.328. The Balaban J connectivity index is 2.45. The van der Waals surface area contributed by atoms with Crippen LogP contribution in [0.25, 0.3) is 0 Å². The monoisotopic (exact) mass is 265 g/mol. The lowest BCUT2D eigenvalue weighted by atomic mass is 9.83. The van der Waals surface area contributed by atoms with Crippen molar-refractivity contribution in [1.82, 2.24) is 14.9 Å². The molecule has 1 N–H and O–H groups in total. The molecule has 19 heavy (non-hydrogen) atoms. The van der Waals surface area contributed by atoms with Gasteiger partial charge in [0.25, 0.3) is 0 Å². The van der Waals surface area contributed by atoms with Crippen molar-refractivity contribution in [1.29, 1.82) is 0 Å². The van der Waals surface area contributed by atoms with Gasteiger partial charge in [0.05, 0.1) is 0 Å². The Morgan fingerprint density at radius 2 is 2.05 bits per heavy atom. The quantitative estimate of drug-likeness (QED) is 0.777. The maximum Gasteiger partial charge on any atom is 0.108 e. The zero-order chi connectivity index (χ0) is 14.3. The smallest absolute Gasteiger partial charge is 0.108 e. The van der Waals surface area contributed by atoms with Gasteiger partial charge in [0.2, 0.25) is 0 Å². The van der Waals surface area contributed by atoms with Crippen LogP contribution in [-0.4, -0.2) is 22.1 Å². The van der Waals surface area contributed by atoms with Gasteiger partial charge in [-0.2, -0.15) is 0 Å². The molecule has 1 heterocycles. The number of nitrogens with zero attached hydrogens (tertiary/aromatic N) is 2. The lowest BCUT2D eigenvalue weighted by Crippen LogP contribution is -2.40. The van der Waals surface area contributed by atoms with Gasteiger partial charge in [0, 0.05) is 31.4 Å². The lowest BCUT2D eigenvalue weighted by molar-refractivity contribution is 0.254. The molecule has 0 aliphatic carbocycles. The summed E-state index contributed by atoms with van der Waals surface area (Å²) in [5.74, 6) is 1.24. The standard InChI is InChI=1S/C16H31N3/c1-6-12-19-13-11-18-15(19)10-8-9-14(17-7-2)16(3,4)5/h11,13-14,17H,6-10,12H2,1-5H3. The van der Waals surface area contributed by atoms with E-state index in [0.717, 1.165) is 19.5 Å². The van der Waals surface area contributed by atoms with Gasteiger partial charge in [-0.1, -0.05) is 34.6 Å². The third-order valence-electron chi connectivity index (χ3n) is 3.66. The van der Waals surface area contributed by atoms with Crippen LogP contribution >= 0.6 is 0 Å². The molecule has 0 spiro atoms. The summed E-state index contributed by atoms with van der Waals surface area (Å²) in [6, 6.07) is 0.590. The maximum atomic E-state index is 4.48. The van der Waals surface area contributed by atoms with Crippen molar-refractivity contribution in [2.45, 2.75) is 72.9 Å². The molecular formula is C16H31N3. The molecular weight excluding hydrogens is 234 g/mol. The molecule has 0 aromatic carbocycles. The fourth-order valence-corrected chi connectivity index (χ4v) is 2.56. The van der Waals surface area contributed by atoms with Crippen LogP contribution in [0.4, 0.5) is 0 Å². The molecule has 0 fully saturated rings. The van der Waals surface area contributed by atoms with Gasteiger partial charge < -0.3 is 9.88 Å². The minimum absolute atomic E-state index is 0.328. The molecule has 3 nitrogen and oxygen atoms in total. The maximum absolute atomic E-state index is 4.48. The molecule has 0 saturated carbocycles. The number of nitrogens with one attached hydrogen (secondary N) is 1. The first-order valence-electron chi connectivity index (χ1n) is 7.72. The average Bonchev–Trinajstić information content (AvgIpc) is 2.75. The molecule has 110 valence electrons. The van der Waals surface area contributed by atoms with Crippen LogP contribution in [0.3, 0.4) is 0 Å². The van der Waals surface area contributed by atoms with Crippen LogP contribution in [-0.2, 0) is 13.0 Å². The largest absolute Gasteiger partial charge is 0.335 e. The van der Waals surface area contributed by atoms with Crippen LogP contribution in [0.5, 0.6) is 0 Å². The Kier molecular flexibility index (Phi) is 6.56. The highest BCUT2D eigenvalue weighted by Crippen LogP contribution is 2.23. The highest BCUT2D eigenvalue weighted by atomic mass is 15.1. The fraction of sp³-hybridized carbons (Fsp3) is 0.812. The van der Waals surface area contributed by atoms with Crippen molar-refractivity contribution in [2.24, 2.45) is 5.41 Å². The highest BCUT2D eigenvalue weighted by molar-refractivity contribution is 4.93. The lowest BCUT2D eigenvalue weighted by Gasteiger charge is -2.31. The zero-order valence-electron chi connectivity index (χ0n) is 13.4. The predicted molar refractivity (Wildman–Crippen MR) is 82.4 cm³/mol. The van der Waals surface area contributed by atoms with Gasteiger partial charge in [0.15, 0.2) is 0 Å². The van der Waals surface area contributed by atoms with E-state index in [1.807, 2.05) is 6.20 Å². The summed E-state index contributed by atoms with van der Waals surface area (Å²) in [4.78, 5) is 4.48. The third kappa shape index (κ3) is 5.35. The first kappa shape index (κ1) is 16.2. The van der Waals surface area contributed by atoms with Gasteiger partial charge in [-0.3, -0.25) is 0 Å². The minimum Gasteiger partial charge on any atom is -0.335 e. The molecule has 0 saturated heterocycles. The number of hydrogen-bond acceptors (Lipinski definition) is 2. The number of aryl methyl sites for hydroxylation is 2. The van der Waals surface area contributed by atoms with Crippen molar-refractivity contribution < 1.29 is 0 Å². The van der Waals surface area contributed by atoms with Crippen molar-refractivity contribution >= 4 is 0 Å². The third-order valence-corrected chi connectivity index (χ3v) is 3.66. The Labute approximate surface area is 118 Å². The summed E-state index contributed by atoms with van der Waals surface area (Å²) in [5, 5.41) is 3.62. The SMILES string of the molecule is CCCn1ccnc1CCCC(NCC)C(C)(C)C. The van der Waals surface area contributed by atoms with Crippen molar-refractivity contribution in [3.63, 3.8) is 0 Å². The molecule has 1 aromatic heterocycles. The Morgan fingerprint density at radius 3 is 2.63 bits per heavy atom. The van der Waals surface area contributed by atoms with E-state index in [1.165, 1.54) is 25.1 Å². The number of aromatic nitrogens is 2. The molecule has 0 aliphatic heterocycles. The summed E-state index contributed by atoms with van der Waals surface area (Å²) in [6.07, 6.45) is 8.71. The first-order valence-corrected chi connectivity index (χ1v) is 7.72. The molecule has 1 atom stereocenters. The van der Waals surface area contributed by atoms with E-state index in [-0.39, 0.29) is 0 Å². The van der Waals surface area contributed by atoms with E-state index in [0.29, 0.717) is 11.5 Å². The van der Waals surface area contributed by atoms with Gasteiger partial charge in [-0.05, 0) is 31.2 Å². The van der Waals surface area contributed by atoms with E-state index >= 15 is 0 Å². The highest BCUT2D eigenvalue weighted by Gasteiger charge is 2.23. The van der Waals surface area contributed by atoms with Crippen molar-refractivity contribution in [3.05, 3.63) is 18.2 Å². The van der Waals surface area contributed by atoms with Crippen molar-refractivity contribution in [3.8, 4) is 0 Å². The van der Waals surface area contributed by atoms with E-state index in [9.17, 15) is 0 Å². The molecule has 0 radical (unpaired) electrons. The summed E-state index contributed by atoms with van der Waals surface area (Å²) >= 11 is 0. The molecule has 0 amide bonds. The van der Waals surface area contributed by atoms with E-state index in [1.54, 1.807) is 0 Å². The van der Waals surface area contributed by atoms with Gasteiger partial charge >= 0.3 is 0 Å². The van der Waals surface area contributed by atoms with Crippen molar-refractivity contribution in [2.75, 3.05) is 6.54 Å². The van der Waals surface area contributed by atoms with E-state index < -0.39 is 0 Å².